The fourth-order valence-corrected chi connectivity index (χ4v) is 12.1. The highest BCUT2D eigenvalue weighted by Gasteiger charge is 2.44. The van der Waals surface area contributed by atoms with E-state index >= 15 is 0 Å². The number of benzene rings is 6. The first kappa shape index (κ1) is 34.8. The molecule has 2 heteroatoms. The Kier molecular flexibility index (Phi) is 7.91. The van der Waals surface area contributed by atoms with E-state index in [9.17, 15) is 0 Å². The number of fused-ring (bicyclic) bond motifs is 10. The smallest absolute Gasteiger partial charge is 0.0626 e. The van der Waals surface area contributed by atoms with Crippen LogP contribution in [0.2, 0.25) is 0 Å². The standard InChI is InChI=1S/C57H45NS/c1-57(2)49-21-13-12-20-44(49)45-29-26-41(33-50(45)57)40-28-31-52-48(32-40)54-53(59-52)35-47(39-24-22-38(23-25-39)36-14-6-3-7-15-36)56-55(54)46-30-27-42(37-16-8-4-9-17-37)34-51(46)58(56)43-18-10-5-11-19-43/h3-8,10-16,18-27,29-30,32,34-35,50H,9,17,28,31,33H2,1-2H3. The molecule has 0 spiro atoms. The highest BCUT2D eigenvalue weighted by Crippen LogP contribution is 2.55. The zero-order valence-electron chi connectivity index (χ0n) is 33.6. The van der Waals surface area contributed by atoms with E-state index in [1.54, 1.807) is 0 Å². The van der Waals surface area contributed by atoms with Crippen molar-refractivity contribution in [1.82, 2.24) is 4.57 Å². The Bertz CT molecular complexity index is 3170. The number of thiophene rings is 1. The summed E-state index contributed by atoms with van der Waals surface area (Å²) in [6.45, 7) is 4.91. The third kappa shape index (κ3) is 5.43. The molecule has 1 nitrogen and oxygen atoms in total. The maximum Gasteiger partial charge on any atom is 0.0626 e. The Morgan fingerprint density at radius 1 is 0.610 bits per heavy atom. The third-order valence-electron chi connectivity index (χ3n) is 13.9. The summed E-state index contributed by atoms with van der Waals surface area (Å²) in [5.41, 5.74) is 20.5. The molecule has 0 radical (unpaired) electrons. The predicted molar refractivity (Wildman–Crippen MR) is 253 cm³/mol. The molecule has 4 aliphatic carbocycles. The molecule has 0 aliphatic heterocycles. The monoisotopic (exact) mass is 775 g/mol. The number of hydrogen-bond acceptors (Lipinski definition) is 1. The number of aromatic nitrogens is 1. The lowest BCUT2D eigenvalue weighted by molar-refractivity contribution is 0.409. The van der Waals surface area contributed by atoms with Crippen LogP contribution in [0.4, 0.5) is 0 Å². The molecule has 0 N–H and O–H groups in total. The molecular formula is C57H45NS. The van der Waals surface area contributed by atoms with Crippen molar-refractivity contribution in [3.05, 3.63) is 202 Å². The molecule has 0 bridgehead atoms. The molecule has 0 fully saturated rings. The van der Waals surface area contributed by atoms with Gasteiger partial charge < -0.3 is 4.57 Å². The summed E-state index contributed by atoms with van der Waals surface area (Å²) in [6.07, 6.45) is 19.7. The zero-order chi connectivity index (χ0) is 39.2. The van der Waals surface area contributed by atoms with E-state index in [4.69, 9.17) is 0 Å². The topological polar surface area (TPSA) is 4.93 Å². The van der Waals surface area contributed by atoms with Crippen LogP contribution in [-0.4, -0.2) is 4.57 Å². The van der Waals surface area contributed by atoms with Gasteiger partial charge in [-0.15, -0.1) is 11.3 Å². The van der Waals surface area contributed by atoms with Crippen molar-refractivity contribution in [3.63, 3.8) is 0 Å². The van der Waals surface area contributed by atoms with Gasteiger partial charge in [0, 0.05) is 37.0 Å². The van der Waals surface area contributed by atoms with Crippen molar-refractivity contribution >= 4 is 60.5 Å². The van der Waals surface area contributed by atoms with Crippen LogP contribution in [0.25, 0.3) is 77.1 Å². The SMILES string of the molecule is CC1(C)c2ccccc2C2=CC=C(C3=Cc4c(sc5cc(-c6ccc(-c7ccccc7)cc6)c6c(c7ccc(C8=CC=CCC8)cc7n6-c6ccccc6)c45)CC3)CC21. The van der Waals surface area contributed by atoms with Gasteiger partial charge in [0.1, 0.15) is 0 Å². The predicted octanol–water partition coefficient (Wildman–Crippen LogP) is 15.7. The summed E-state index contributed by atoms with van der Waals surface area (Å²) in [6, 6.07) is 50.0. The highest BCUT2D eigenvalue weighted by molar-refractivity contribution is 7.19. The highest BCUT2D eigenvalue weighted by atomic mass is 32.1. The molecule has 0 amide bonds. The molecule has 4 aliphatic rings. The van der Waals surface area contributed by atoms with Gasteiger partial charge in [-0.25, -0.2) is 0 Å². The Balaban J connectivity index is 1.10. The average Bonchev–Trinajstić information content (AvgIpc) is 3.91. The second-order valence-corrected chi connectivity index (χ2v) is 18.6. The van der Waals surface area contributed by atoms with Crippen molar-refractivity contribution in [2.24, 2.45) is 5.92 Å². The summed E-state index contributed by atoms with van der Waals surface area (Å²) in [5, 5.41) is 4.11. The van der Waals surface area contributed by atoms with Crippen LogP contribution in [0.15, 0.2) is 175 Å². The first-order valence-corrected chi connectivity index (χ1v) is 22.2. The maximum absolute atomic E-state index is 2.60. The van der Waals surface area contributed by atoms with E-state index in [-0.39, 0.29) is 5.41 Å². The summed E-state index contributed by atoms with van der Waals surface area (Å²) >= 11 is 2.02. The van der Waals surface area contributed by atoms with Crippen LogP contribution in [0.1, 0.15) is 66.7 Å². The van der Waals surface area contributed by atoms with Crippen LogP contribution in [0, 0.1) is 5.92 Å². The third-order valence-corrected chi connectivity index (χ3v) is 15.1. The molecule has 2 heterocycles. The van der Waals surface area contributed by atoms with E-state index in [2.05, 4.69) is 188 Å². The second-order valence-electron chi connectivity index (χ2n) is 17.5. The fourth-order valence-electron chi connectivity index (χ4n) is 10.9. The fraction of sp³-hybridized carbons (Fsp3) is 0.158. The number of para-hydroxylation sites is 1. The van der Waals surface area contributed by atoms with Gasteiger partial charge in [0.25, 0.3) is 0 Å². The van der Waals surface area contributed by atoms with Gasteiger partial charge in [-0.2, -0.15) is 0 Å². The van der Waals surface area contributed by atoms with Crippen molar-refractivity contribution in [2.45, 2.75) is 51.4 Å². The number of hydrogen-bond donors (Lipinski definition) is 0. The number of nitrogens with zero attached hydrogens (tertiary/aromatic N) is 1. The molecule has 1 unspecified atom stereocenters. The number of rotatable bonds is 5. The van der Waals surface area contributed by atoms with Gasteiger partial charge in [-0.1, -0.05) is 153 Å². The lowest BCUT2D eigenvalue weighted by Crippen LogP contribution is -2.25. The number of allylic oxidation sites excluding steroid dienone is 9. The van der Waals surface area contributed by atoms with E-state index < -0.39 is 0 Å². The van der Waals surface area contributed by atoms with Gasteiger partial charge in [-0.3, -0.25) is 0 Å². The Morgan fingerprint density at radius 2 is 1.36 bits per heavy atom. The van der Waals surface area contributed by atoms with Crippen LogP contribution in [0.3, 0.4) is 0 Å². The molecule has 12 rings (SSSR count). The molecule has 284 valence electrons. The van der Waals surface area contributed by atoms with Gasteiger partial charge in [0.2, 0.25) is 0 Å². The van der Waals surface area contributed by atoms with Crippen LogP contribution < -0.4 is 0 Å². The number of aryl methyl sites for hydroxylation is 1. The van der Waals surface area contributed by atoms with E-state index in [0.717, 1.165) is 32.1 Å². The molecule has 2 aromatic heterocycles. The maximum atomic E-state index is 2.60. The van der Waals surface area contributed by atoms with E-state index in [0.29, 0.717) is 5.92 Å². The van der Waals surface area contributed by atoms with E-state index in [1.165, 1.54) is 109 Å². The molecule has 0 saturated carbocycles. The summed E-state index contributed by atoms with van der Waals surface area (Å²) in [7, 11) is 0. The summed E-state index contributed by atoms with van der Waals surface area (Å²) in [4.78, 5) is 1.51. The molecule has 0 saturated heterocycles. The average molecular weight is 776 g/mol. The minimum absolute atomic E-state index is 0.112. The van der Waals surface area contributed by atoms with Gasteiger partial charge in [-0.05, 0) is 135 Å². The lowest BCUT2D eigenvalue weighted by Gasteiger charge is -2.32. The Hall–Kier alpha value is -6.22. The van der Waals surface area contributed by atoms with Gasteiger partial charge in [0.15, 0.2) is 0 Å². The van der Waals surface area contributed by atoms with Gasteiger partial charge >= 0.3 is 0 Å². The normalized spacial score (nSPS) is 18.0. The molecule has 59 heavy (non-hydrogen) atoms. The van der Waals surface area contributed by atoms with Gasteiger partial charge in [0.05, 0.1) is 11.0 Å². The van der Waals surface area contributed by atoms with Crippen LogP contribution >= 0.6 is 11.3 Å². The Labute approximate surface area is 350 Å². The minimum atomic E-state index is 0.112. The van der Waals surface area contributed by atoms with Crippen LogP contribution in [0.5, 0.6) is 0 Å². The zero-order valence-corrected chi connectivity index (χ0v) is 34.5. The molecule has 1 atom stereocenters. The Morgan fingerprint density at radius 3 is 2.17 bits per heavy atom. The van der Waals surface area contributed by atoms with Crippen molar-refractivity contribution in [1.29, 1.82) is 0 Å². The molecular weight excluding hydrogens is 731 g/mol. The minimum Gasteiger partial charge on any atom is -0.309 e. The second kappa shape index (κ2) is 13.4. The summed E-state index contributed by atoms with van der Waals surface area (Å²) < 4.78 is 3.95. The van der Waals surface area contributed by atoms with Crippen molar-refractivity contribution < 1.29 is 0 Å². The quantitative estimate of drug-likeness (QED) is 0.164. The first-order valence-electron chi connectivity index (χ1n) is 21.4. The van der Waals surface area contributed by atoms with E-state index in [1.807, 2.05) is 11.3 Å². The summed E-state index contributed by atoms with van der Waals surface area (Å²) in [5.74, 6) is 0.497. The first-order chi connectivity index (χ1) is 29.0. The van der Waals surface area contributed by atoms with Crippen molar-refractivity contribution in [3.8, 4) is 27.9 Å². The van der Waals surface area contributed by atoms with Crippen LogP contribution in [-0.2, 0) is 11.8 Å². The molecule has 6 aromatic carbocycles. The molecule has 8 aromatic rings. The largest absolute Gasteiger partial charge is 0.309 e. The lowest BCUT2D eigenvalue weighted by atomic mass is 9.71. The van der Waals surface area contributed by atoms with Crippen molar-refractivity contribution in [2.75, 3.05) is 0 Å².